The van der Waals surface area contributed by atoms with Crippen molar-refractivity contribution in [2.45, 2.75) is 11.8 Å². The normalized spacial score (nSPS) is 12.0. The third-order valence-electron chi connectivity index (χ3n) is 3.24. The topological polar surface area (TPSA) is 39.1 Å². The summed E-state index contributed by atoms with van der Waals surface area (Å²) in [6, 6.07) is 11.5. The van der Waals surface area contributed by atoms with Gasteiger partial charge < -0.3 is 0 Å². The Bertz CT molecular complexity index is 930. The Morgan fingerprint density at radius 1 is 1.05 bits per heavy atom. The van der Waals surface area contributed by atoms with Gasteiger partial charge in [-0.1, -0.05) is 11.6 Å². The van der Waals surface area contributed by atoms with Gasteiger partial charge in [0.05, 0.1) is 10.4 Å². The van der Waals surface area contributed by atoms with Crippen LogP contribution >= 0.6 is 11.6 Å². The second kappa shape index (κ2) is 4.86. The first-order valence-corrected chi connectivity index (χ1v) is 8.00. The Balaban J connectivity index is 2.28. The van der Waals surface area contributed by atoms with Gasteiger partial charge in [0.2, 0.25) is 0 Å². The Morgan fingerprint density at radius 2 is 1.71 bits per heavy atom. The van der Waals surface area contributed by atoms with E-state index in [0.717, 1.165) is 17.5 Å². The molecule has 108 valence electrons. The molecule has 0 bridgehead atoms. The first kappa shape index (κ1) is 14.1. The van der Waals surface area contributed by atoms with E-state index in [4.69, 9.17) is 11.6 Å². The van der Waals surface area contributed by atoms with Crippen molar-refractivity contribution in [2.24, 2.45) is 0 Å². The minimum Gasteiger partial charge on any atom is -0.238 e. The highest BCUT2D eigenvalue weighted by Gasteiger charge is 2.21. The number of aromatic nitrogens is 1. The monoisotopic (exact) mass is 323 g/mol. The number of benzene rings is 2. The summed E-state index contributed by atoms with van der Waals surface area (Å²) in [6.45, 7) is 1.70. The summed E-state index contributed by atoms with van der Waals surface area (Å²) in [6.07, 6.45) is 0. The zero-order chi connectivity index (χ0) is 15.2. The summed E-state index contributed by atoms with van der Waals surface area (Å²) in [7, 11) is -3.78. The molecule has 0 N–H and O–H groups in total. The molecule has 0 aliphatic rings. The van der Waals surface area contributed by atoms with E-state index < -0.39 is 15.8 Å². The van der Waals surface area contributed by atoms with Crippen LogP contribution in [0.1, 0.15) is 5.69 Å². The highest BCUT2D eigenvalue weighted by molar-refractivity contribution is 7.90. The maximum absolute atomic E-state index is 13.0. The van der Waals surface area contributed by atoms with Gasteiger partial charge in [-0.3, -0.25) is 0 Å². The Morgan fingerprint density at radius 3 is 2.38 bits per heavy atom. The van der Waals surface area contributed by atoms with Crippen molar-refractivity contribution < 1.29 is 12.8 Å². The minimum absolute atomic E-state index is 0.0412. The molecule has 0 atom stereocenters. The zero-order valence-electron chi connectivity index (χ0n) is 11.0. The number of halogens is 2. The van der Waals surface area contributed by atoms with Crippen LogP contribution < -0.4 is 0 Å². The van der Waals surface area contributed by atoms with Crippen LogP contribution in [-0.2, 0) is 10.0 Å². The van der Waals surface area contributed by atoms with E-state index >= 15 is 0 Å². The molecular weight excluding hydrogens is 313 g/mol. The quantitative estimate of drug-likeness (QED) is 0.715. The van der Waals surface area contributed by atoms with Crippen LogP contribution in [0.2, 0.25) is 5.02 Å². The number of nitrogens with zero attached hydrogens (tertiary/aromatic N) is 1. The maximum Gasteiger partial charge on any atom is 0.268 e. The second-order valence-electron chi connectivity index (χ2n) is 4.71. The lowest BCUT2D eigenvalue weighted by Crippen LogP contribution is -2.14. The fourth-order valence-corrected chi connectivity index (χ4v) is 4.06. The molecule has 0 saturated carbocycles. The summed E-state index contributed by atoms with van der Waals surface area (Å²) in [5.74, 6) is -0.477. The van der Waals surface area contributed by atoms with Gasteiger partial charge in [-0.2, -0.15) is 0 Å². The van der Waals surface area contributed by atoms with E-state index in [1.54, 1.807) is 31.2 Å². The molecule has 0 fully saturated rings. The van der Waals surface area contributed by atoms with E-state index in [0.29, 0.717) is 16.2 Å². The van der Waals surface area contributed by atoms with Crippen LogP contribution in [0.15, 0.2) is 53.4 Å². The van der Waals surface area contributed by atoms with Gasteiger partial charge in [-0.15, -0.1) is 0 Å². The molecule has 3 aromatic rings. The first-order valence-electron chi connectivity index (χ1n) is 6.18. The molecule has 1 heterocycles. The standard InChI is InChI=1S/C15H11ClFNO2S/c1-10-8-11-9-12(16)2-7-15(11)18(10)21(19,20)14-5-3-13(17)4-6-14/h2-9H,1H3. The van der Waals surface area contributed by atoms with Gasteiger partial charge in [-0.25, -0.2) is 16.8 Å². The lowest BCUT2D eigenvalue weighted by molar-refractivity contribution is 0.587. The molecule has 0 unspecified atom stereocenters. The summed E-state index contributed by atoms with van der Waals surface area (Å²) in [5.41, 5.74) is 1.11. The fraction of sp³-hybridized carbons (Fsp3) is 0.0667. The third-order valence-corrected chi connectivity index (χ3v) is 5.31. The largest absolute Gasteiger partial charge is 0.268 e. The van der Waals surface area contributed by atoms with Crippen molar-refractivity contribution in [1.29, 1.82) is 0 Å². The van der Waals surface area contributed by atoms with Crippen molar-refractivity contribution in [3.63, 3.8) is 0 Å². The van der Waals surface area contributed by atoms with Crippen molar-refractivity contribution in [1.82, 2.24) is 3.97 Å². The molecule has 0 aliphatic carbocycles. The molecule has 0 spiro atoms. The van der Waals surface area contributed by atoms with Gasteiger partial charge in [0.15, 0.2) is 0 Å². The number of fused-ring (bicyclic) bond motifs is 1. The van der Waals surface area contributed by atoms with E-state index in [1.165, 1.54) is 16.1 Å². The molecule has 0 amide bonds. The molecule has 21 heavy (non-hydrogen) atoms. The average molecular weight is 324 g/mol. The van der Waals surface area contributed by atoms with Crippen molar-refractivity contribution in [3.05, 3.63) is 65.1 Å². The number of hydrogen-bond acceptors (Lipinski definition) is 2. The zero-order valence-corrected chi connectivity index (χ0v) is 12.6. The SMILES string of the molecule is Cc1cc2cc(Cl)ccc2n1S(=O)(=O)c1ccc(F)cc1. The predicted octanol–water partition coefficient (Wildman–Crippen LogP) is 3.98. The summed E-state index contributed by atoms with van der Waals surface area (Å²) in [5, 5.41) is 1.28. The van der Waals surface area contributed by atoms with Crippen LogP contribution in [0.3, 0.4) is 0 Å². The van der Waals surface area contributed by atoms with Gasteiger partial charge in [0.1, 0.15) is 5.82 Å². The van der Waals surface area contributed by atoms with Crippen molar-refractivity contribution in [3.8, 4) is 0 Å². The molecule has 1 aromatic heterocycles. The Kier molecular flexibility index (Phi) is 3.26. The summed E-state index contributed by atoms with van der Waals surface area (Å²) >= 11 is 5.93. The molecule has 0 aliphatic heterocycles. The predicted molar refractivity (Wildman–Crippen MR) is 80.7 cm³/mol. The fourth-order valence-electron chi connectivity index (χ4n) is 2.33. The molecule has 0 saturated heterocycles. The Hall–Kier alpha value is -1.85. The summed E-state index contributed by atoms with van der Waals surface area (Å²) in [4.78, 5) is 0.0412. The van der Waals surface area contributed by atoms with Gasteiger partial charge in [0.25, 0.3) is 10.0 Å². The average Bonchev–Trinajstić information content (AvgIpc) is 2.74. The van der Waals surface area contributed by atoms with Crippen LogP contribution in [0, 0.1) is 12.7 Å². The van der Waals surface area contributed by atoms with E-state index in [9.17, 15) is 12.8 Å². The maximum atomic E-state index is 13.0. The van der Waals surface area contributed by atoms with Gasteiger partial charge >= 0.3 is 0 Å². The molecule has 0 radical (unpaired) electrons. The summed E-state index contributed by atoms with van der Waals surface area (Å²) < 4.78 is 39.7. The highest BCUT2D eigenvalue weighted by atomic mass is 35.5. The first-order chi connectivity index (χ1) is 9.89. The number of aryl methyl sites for hydroxylation is 1. The third kappa shape index (κ3) is 2.32. The molecule has 6 heteroatoms. The van der Waals surface area contributed by atoms with Crippen molar-refractivity contribution in [2.75, 3.05) is 0 Å². The van der Waals surface area contributed by atoms with Gasteiger partial charge in [0, 0.05) is 16.1 Å². The van der Waals surface area contributed by atoms with E-state index in [1.807, 2.05) is 0 Å². The molecule has 2 aromatic carbocycles. The van der Waals surface area contributed by atoms with Crippen LogP contribution in [-0.4, -0.2) is 12.4 Å². The second-order valence-corrected chi connectivity index (χ2v) is 6.94. The van der Waals surface area contributed by atoms with Crippen LogP contribution in [0.4, 0.5) is 4.39 Å². The smallest absolute Gasteiger partial charge is 0.238 e. The lowest BCUT2D eigenvalue weighted by Gasteiger charge is -2.10. The van der Waals surface area contributed by atoms with E-state index in [2.05, 4.69) is 0 Å². The lowest BCUT2D eigenvalue weighted by atomic mass is 10.2. The molecule has 3 rings (SSSR count). The minimum atomic E-state index is -3.78. The number of hydrogen-bond donors (Lipinski definition) is 0. The van der Waals surface area contributed by atoms with Crippen LogP contribution in [0.5, 0.6) is 0 Å². The molecule has 3 nitrogen and oxygen atoms in total. The van der Waals surface area contributed by atoms with Crippen molar-refractivity contribution >= 4 is 32.5 Å². The van der Waals surface area contributed by atoms with E-state index in [-0.39, 0.29) is 4.90 Å². The molecular formula is C15H11ClFNO2S. The Labute approximate surface area is 126 Å². The van der Waals surface area contributed by atoms with Gasteiger partial charge in [-0.05, 0) is 55.5 Å². The van der Waals surface area contributed by atoms with Crippen LogP contribution in [0.25, 0.3) is 10.9 Å². The highest BCUT2D eigenvalue weighted by Crippen LogP contribution is 2.27. The number of rotatable bonds is 2.